The number of rotatable bonds is 3. The standard InChI is InChI=1S/C17H20N2O2/c1-19(15-8-4-5-9-16(15)21)17-13(11-20)10-12-6-2-3-7-14(12)18-17/h2-3,6-7,10-11,15-16,21H,4-5,8-9H2,1H3. The van der Waals surface area contributed by atoms with Gasteiger partial charge >= 0.3 is 0 Å². The molecule has 1 aliphatic carbocycles. The number of para-hydroxylation sites is 1. The van der Waals surface area contributed by atoms with E-state index in [2.05, 4.69) is 4.98 Å². The molecular weight excluding hydrogens is 264 g/mol. The minimum Gasteiger partial charge on any atom is -0.391 e. The summed E-state index contributed by atoms with van der Waals surface area (Å²) in [5.74, 6) is 0.662. The molecule has 0 amide bonds. The highest BCUT2D eigenvalue weighted by Gasteiger charge is 2.28. The molecule has 4 heteroatoms. The van der Waals surface area contributed by atoms with Gasteiger partial charge in [-0.3, -0.25) is 4.79 Å². The molecule has 1 heterocycles. The van der Waals surface area contributed by atoms with Crippen LogP contribution in [0.2, 0.25) is 0 Å². The quantitative estimate of drug-likeness (QED) is 0.881. The van der Waals surface area contributed by atoms with Gasteiger partial charge in [0.15, 0.2) is 6.29 Å². The van der Waals surface area contributed by atoms with E-state index in [1.54, 1.807) is 0 Å². The molecule has 1 aromatic heterocycles. The zero-order valence-electron chi connectivity index (χ0n) is 12.2. The number of aromatic nitrogens is 1. The van der Waals surface area contributed by atoms with Gasteiger partial charge in [0.1, 0.15) is 5.82 Å². The van der Waals surface area contributed by atoms with Crippen LogP contribution in [0, 0.1) is 0 Å². The van der Waals surface area contributed by atoms with Crippen molar-refractivity contribution in [2.24, 2.45) is 0 Å². The van der Waals surface area contributed by atoms with Crippen molar-refractivity contribution in [1.29, 1.82) is 0 Å². The van der Waals surface area contributed by atoms with Gasteiger partial charge in [-0.25, -0.2) is 4.98 Å². The van der Waals surface area contributed by atoms with E-state index in [0.717, 1.165) is 42.9 Å². The molecule has 3 rings (SSSR count). The molecule has 21 heavy (non-hydrogen) atoms. The second-order valence-corrected chi connectivity index (χ2v) is 5.74. The lowest BCUT2D eigenvalue weighted by Crippen LogP contribution is -2.44. The highest BCUT2D eigenvalue weighted by Crippen LogP contribution is 2.28. The van der Waals surface area contributed by atoms with Crippen molar-refractivity contribution in [3.8, 4) is 0 Å². The van der Waals surface area contributed by atoms with Gasteiger partial charge in [0.25, 0.3) is 0 Å². The minimum atomic E-state index is -0.350. The zero-order chi connectivity index (χ0) is 14.8. The monoisotopic (exact) mass is 284 g/mol. The van der Waals surface area contributed by atoms with Crippen molar-refractivity contribution in [1.82, 2.24) is 4.98 Å². The molecule has 110 valence electrons. The number of anilines is 1. The average Bonchev–Trinajstić information content (AvgIpc) is 2.53. The van der Waals surface area contributed by atoms with Gasteiger partial charge in [0.05, 0.1) is 23.2 Å². The lowest BCUT2D eigenvalue weighted by Gasteiger charge is -2.36. The van der Waals surface area contributed by atoms with Gasteiger partial charge in [-0.05, 0) is 25.0 Å². The largest absolute Gasteiger partial charge is 0.391 e. The number of hydrogen-bond acceptors (Lipinski definition) is 4. The summed E-state index contributed by atoms with van der Waals surface area (Å²) >= 11 is 0. The van der Waals surface area contributed by atoms with Gasteiger partial charge in [-0.1, -0.05) is 31.0 Å². The third-order valence-electron chi connectivity index (χ3n) is 4.38. The Morgan fingerprint density at radius 2 is 2.05 bits per heavy atom. The number of aliphatic hydroxyl groups is 1. The fourth-order valence-corrected chi connectivity index (χ4v) is 3.19. The summed E-state index contributed by atoms with van der Waals surface area (Å²) in [5, 5.41) is 11.2. The van der Waals surface area contributed by atoms with Crippen LogP contribution in [0.15, 0.2) is 30.3 Å². The van der Waals surface area contributed by atoms with Gasteiger partial charge in [-0.2, -0.15) is 0 Å². The third-order valence-corrected chi connectivity index (χ3v) is 4.38. The van der Waals surface area contributed by atoms with E-state index in [-0.39, 0.29) is 12.1 Å². The predicted molar refractivity (Wildman–Crippen MR) is 83.8 cm³/mol. The van der Waals surface area contributed by atoms with E-state index in [0.29, 0.717) is 11.4 Å². The summed E-state index contributed by atoms with van der Waals surface area (Å²) < 4.78 is 0. The normalized spacial score (nSPS) is 22.2. The summed E-state index contributed by atoms with van der Waals surface area (Å²) in [5.41, 5.74) is 1.45. The number of benzene rings is 1. The van der Waals surface area contributed by atoms with Crippen LogP contribution in [-0.4, -0.2) is 35.6 Å². The summed E-state index contributed by atoms with van der Waals surface area (Å²) in [6, 6.07) is 9.68. The molecule has 1 fully saturated rings. The first-order chi connectivity index (χ1) is 10.2. The van der Waals surface area contributed by atoms with Crippen LogP contribution < -0.4 is 4.90 Å². The highest BCUT2D eigenvalue weighted by molar-refractivity contribution is 5.91. The Labute approximate surface area is 124 Å². The van der Waals surface area contributed by atoms with Crippen LogP contribution in [-0.2, 0) is 0 Å². The van der Waals surface area contributed by atoms with E-state index in [1.165, 1.54) is 0 Å². The van der Waals surface area contributed by atoms with Gasteiger partial charge in [0, 0.05) is 12.4 Å². The van der Waals surface area contributed by atoms with Crippen LogP contribution in [0.1, 0.15) is 36.0 Å². The second kappa shape index (κ2) is 5.82. The first kappa shape index (κ1) is 14.0. The molecule has 2 atom stereocenters. The van der Waals surface area contributed by atoms with Crippen molar-refractivity contribution in [2.45, 2.75) is 37.8 Å². The lowest BCUT2D eigenvalue weighted by atomic mass is 9.91. The molecule has 2 unspecified atom stereocenters. The molecule has 1 N–H and O–H groups in total. The number of aldehydes is 1. The van der Waals surface area contributed by atoms with E-state index in [9.17, 15) is 9.90 Å². The SMILES string of the molecule is CN(c1nc2ccccc2cc1C=O)C1CCCCC1O. The third kappa shape index (κ3) is 2.63. The number of nitrogens with zero attached hydrogens (tertiary/aromatic N) is 2. The van der Waals surface area contributed by atoms with Crippen LogP contribution in [0.25, 0.3) is 10.9 Å². The Hall–Kier alpha value is -1.94. The fraction of sp³-hybridized carbons (Fsp3) is 0.412. The smallest absolute Gasteiger partial charge is 0.153 e. The van der Waals surface area contributed by atoms with Crippen LogP contribution in [0.4, 0.5) is 5.82 Å². The Morgan fingerprint density at radius 3 is 2.81 bits per heavy atom. The number of carbonyl (C=O) groups excluding carboxylic acids is 1. The van der Waals surface area contributed by atoms with Crippen LogP contribution in [0.3, 0.4) is 0 Å². The maximum absolute atomic E-state index is 11.4. The maximum atomic E-state index is 11.4. The number of fused-ring (bicyclic) bond motifs is 1. The Bertz CT molecular complexity index is 656. The molecule has 0 radical (unpaired) electrons. The Kier molecular flexibility index (Phi) is 3.88. The molecule has 1 saturated carbocycles. The number of carbonyl (C=O) groups is 1. The van der Waals surface area contributed by atoms with Crippen molar-refractivity contribution in [3.63, 3.8) is 0 Å². The fourth-order valence-electron chi connectivity index (χ4n) is 3.19. The molecular formula is C17H20N2O2. The highest BCUT2D eigenvalue weighted by atomic mass is 16.3. The first-order valence-corrected chi connectivity index (χ1v) is 7.46. The zero-order valence-corrected chi connectivity index (χ0v) is 12.2. The van der Waals surface area contributed by atoms with Gasteiger partial charge in [-0.15, -0.1) is 0 Å². The molecule has 4 nitrogen and oxygen atoms in total. The minimum absolute atomic E-state index is 0.0334. The Morgan fingerprint density at radius 1 is 1.29 bits per heavy atom. The number of likely N-dealkylation sites (N-methyl/N-ethyl adjacent to an activating group) is 1. The first-order valence-electron chi connectivity index (χ1n) is 7.46. The molecule has 0 saturated heterocycles. The van der Waals surface area contributed by atoms with E-state index in [4.69, 9.17) is 0 Å². The Balaban J connectivity index is 2.03. The topological polar surface area (TPSA) is 53.4 Å². The summed E-state index contributed by atoms with van der Waals surface area (Å²) in [7, 11) is 1.92. The van der Waals surface area contributed by atoms with Crippen LogP contribution in [0.5, 0.6) is 0 Å². The molecule has 1 aromatic carbocycles. The summed E-state index contributed by atoms with van der Waals surface area (Å²) in [4.78, 5) is 18.0. The molecule has 1 aliphatic rings. The predicted octanol–water partition coefficient (Wildman–Crippen LogP) is 2.79. The van der Waals surface area contributed by atoms with Gasteiger partial charge < -0.3 is 10.0 Å². The van der Waals surface area contributed by atoms with E-state index in [1.807, 2.05) is 42.3 Å². The van der Waals surface area contributed by atoms with Crippen molar-refractivity contribution in [3.05, 3.63) is 35.9 Å². The van der Waals surface area contributed by atoms with Crippen molar-refractivity contribution in [2.75, 3.05) is 11.9 Å². The summed E-state index contributed by atoms with van der Waals surface area (Å²) in [6.07, 6.45) is 4.42. The molecule has 0 spiro atoms. The van der Waals surface area contributed by atoms with Crippen molar-refractivity contribution >= 4 is 23.0 Å². The van der Waals surface area contributed by atoms with Crippen LogP contribution >= 0.6 is 0 Å². The van der Waals surface area contributed by atoms with Crippen molar-refractivity contribution < 1.29 is 9.90 Å². The second-order valence-electron chi connectivity index (χ2n) is 5.74. The molecule has 0 bridgehead atoms. The molecule has 0 aliphatic heterocycles. The number of pyridine rings is 1. The average molecular weight is 284 g/mol. The summed E-state index contributed by atoms with van der Waals surface area (Å²) in [6.45, 7) is 0. The number of aliphatic hydroxyl groups excluding tert-OH is 1. The van der Waals surface area contributed by atoms with Gasteiger partial charge in [0.2, 0.25) is 0 Å². The lowest BCUT2D eigenvalue weighted by molar-refractivity contribution is 0.105. The molecule has 2 aromatic rings. The maximum Gasteiger partial charge on any atom is 0.153 e. The van der Waals surface area contributed by atoms with E-state index >= 15 is 0 Å². The van der Waals surface area contributed by atoms with E-state index < -0.39 is 0 Å². The number of hydrogen-bond donors (Lipinski definition) is 1.